The third-order valence-corrected chi connectivity index (χ3v) is 4.04. The molecule has 1 aromatic rings. The second-order valence-corrected chi connectivity index (χ2v) is 5.73. The monoisotopic (exact) mass is 273 g/mol. The van der Waals surface area contributed by atoms with Gasteiger partial charge in [0.15, 0.2) is 0 Å². The number of carbonyl (C=O) groups excluding carboxylic acids is 1. The summed E-state index contributed by atoms with van der Waals surface area (Å²) < 4.78 is 5.60. The summed E-state index contributed by atoms with van der Waals surface area (Å²) in [5.74, 6) is 0.778. The molecule has 6 nitrogen and oxygen atoms in total. The van der Waals surface area contributed by atoms with Crippen molar-refractivity contribution in [3.63, 3.8) is 0 Å². The first-order valence-electron chi connectivity index (χ1n) is 6.87. The fourth-order valence-corrected chi connectivity index (χ4v) is 2.76. The van der Waals surface area contributed by atoms with Gasteiger partial charge < -0.3 is 14.6 Å². The maximum absolute atomic E-state index is 12.3. The molecule has 0 atom stereocenters. The zero-order valence-corrected chi connectivity index (χ0v) is 11.0. The van der Waals surface area contributed by atoms with Gasteiger partial charge in [0.1, 0.15) is 17.1 Å². The van der Waals surface area contributed by atoms with Crippen LogP contribution in [0.5, 0.6) is 0 Å². The molecule has 1 saturated heterocycles. The summed E-state index contributed by atoms with van der Waals surface area (Å²) in [5.41, 5.74) is -0.305. The summed E-state index contributed by atoms with van der Waals surface area (Å²) in [6.07, 6.45) is 6.05. The standard InChI is InChI=1S/C14H15N3O3/c18-11-6-10(15-12(16-11)9-2-3-9)13(19)17-7-14(8-17)4-1-5-20-14/h1,4,6,9H,2-3,5,7-8H2,(H,15,16,18). The summed E-state index contributed by atoms with van der Waals surface area (Å²) >= 11 is 0. The van der Waals surface area contributed by atoms with E-state index in [1.807, 2.05) is 12.2 Å². The Morgan fingerprint density at radius 1 is 1.45 bits per heavy atom. The van der Waals surface area contributed by atoms with Crippen molar-refractivity contribution in [1.82, 2.24) is 14.9 Å². The molecule has 6 heteroatoms. The minimum atomic E-state index is -0.295. The number of nitrogens with one attached hydrogen (secondary N) is 1. The Kier molecular flexibility index (Phi) is 2.38. The van der Waals surface area contributed by atoms with Crippen LogP contribution < -0.4 is 5.56 Å². The van der Waals surface area contributed by atoms with Gasteiger partial charge in [-0.15, -0.1) is 0 Å². The molecule has 1 spiro atoms. The Balaban J connectivity index is 1.54. The first-order valence-corrected chi connectivity index (χ1v) is 6.87. The number of H-pyrrole nitrogens is 1. The Morgan fingerprint density at radius 3 is 2.90 bits per heavy atom. The summed E-state index contributed by atoms with van der Waals surface area (Å²) in [7, 11) is 0. The van der Waals surface area contributed by atoms with Crippen molar-refractivity contribution in [2.45, 2.75) is 24.4 Å². The summed E-state index contributed by atoms with van der Waals surface area (Å²) in [4.78, 5) is 32.7. The normalized spacial score (nSPS) is 23.1. The lowest BCUT2D eigenvalue weighted by Gasteiger charge is -2.45. The third-order valence-electron chi connectivity index (χ3n) is 4.04. The fraction of sp³-hybridized carbons (Fsp3) is 0.500. The van der Waals surface area contributed by atoms with E-state index >= 15 is 0 Å². The number of amides is 1. The summed E-state index contributed by atoms with van der Waals surface area (Å²) in [6, 6.07) is 1.28. The quantitative estimate of drug-likeness (QED) is 0.793. The van der Waals surface area contributed by atoms with Gasteiger partial charge in [-0.3, -0.25) is 9.59 Å². The second kappa shape index (κ2) is 4.02. The lowest BCUT2D eigenvalue weighted by molar-refractivity contribution is -0.0756. The molecule has 1 N–H and O–H groups in total. The number of nitrogens with zero attached hydrogens (tertiary/aromatic N) is 2. The van der Waals surface area contributed by atoms with Crippen LogP contribution >= 0.6 is 0 Å². The third kappa shape index (κ3) is 1.87. The highest BCUT2D eigenvalue weighted by molar-refractivity contribution is 5.93. The maximum Gasteiger partial charge on any atom is 0.272 e. The van der Waals surface area contributed by atoms with E-state index in [1.165, 1.54) is 6.07 Å². The zero-order valence-electron chi connectivity index (χ0n) is 11.0. The maximum atomic E-state index is 12.3. The van der Waals surface area contributed by atoms with Crippen LogP contribution in [0.25, 0.3) is 0 Å². The number of hydrogen-bond acceptors (Lipinski definition) is 4. The molecule has 1 amide bonds. The Morgan fingerprint density at radius 2 is 2.25 bits per heavy atom. The predicted molar refractivity (Wildman–Crippen MR) is 70.6 cm³/mol. The largest absolute Gasteiger partial charge is 0.363 e. The van der Waals surface area contributed by atoms with E-state index in [2.05, 4.69) is 9.97 Å². The van der Waals surface area contributed by atoms with Crippen LogP contribution in [-0.2, 0) is 4.74 Å². The first-order chi connectivity index (χ1) is 9.65. The molecule has 0 aromatic carbocycles. The molecule has 4 rings (SSSR count). The van der Waals surface area contributed by atoms with Crippen molar-refractivity contribution in [2.75, 3.05) is 19.7 Å². The molecular weight excluding hydrogens is 258 g/mol. The van der Waals surface area contributed by atoms with E-state index < -0.39 is 0 Å². The molecule has 1 saturated carbocycles. The van der Waals surface area contributed by atoms with Gasteiger partial charge in [-0.05, 0) is 12.8 Å². The molecule has 104 valence electrons. The number of ether oxygens (including phenoxy) is 1. The number of hydrogen-bond donors (Lipinski definition) is 1. The van der Waals surface area contributed by atoms with Crippen molar-refractivity contribution in [2.24, 2.45) is 0 Å². The SMILES string of the molecule is O=C(c1cc(=O)[nH]c(C2CC2)n1)N1CC2(C=CCO2)C1. The van der Waals surface area contributed by atoms with Crippen LogP contribution in [0.4, 0.5) is 0 Å². The van der Waals surface area contributed by atoms with Crippen LogP contribution in [0.15, 0.2) is 23.0 Å². The molecular formula is C14H15N3O3. The number of rotatable bonds is 2. The van der Waals surface area contributed by atoms with Crippen LogP contribution in [0.2, 0.25) is 0 Å². The zero-order chi connectivity index (χ0) is 13.7. The average Bonchev–Trinajstić information content (AvgIpc) is 3.12. The van der Waals surface area contributed by atoms with Crippen molar-refractivity contribution in [1.29, 1.82) is 0 Å². The van der Waals surface area contributed by atoms with Crippen molar-refractivity contribution < 1.29 is 9.53 Å². The van der Waals surface area contributed by atoms with Gasteiger partial charge in [0, 0.05) is 12.0 Å². The highest BCUT2D eigenvalue weighted by Gasteiger charge is 2.46. The minimum absolute atomic E-state index is 0.187. The molecule has 0 bridgehead atoms. The Labute approximate surface area is 115 Å². The van der Waals surface area contributed by atoms with E-state index in [0.29, 0.717) is 31.4 Å². The molecule has 0 radical (unpaired) electrons. The predicted octanol–water partition coefficient (Wildman–Crippen LogP) is 0.428. The lowest BCUT2D eigenvalue weighted by Crippen LogP contribution is -2.62. The fourth-order valence-electron chi connectivity index (χ4n) is 2.76. The molecule has 3 aliphatic rings. The van der Waals surface area contributed by atoms with E-state index in [0.717, 1.165) is 12.8 Å². The van der Waals surface area contributed by atoms with Crippen LogP contribution in [-0.4, -0.2) is 46.1 Å². The van der Waals surface area contributed by atoms with Gasteiger partial charge in [0.25, 0.3) is 11.5 Å². The molecule has 2 fully saturated rings. The summed E-state index contributed by atoms with van der Waals surface area (Å²) in [5, 5.41) is 0. The van der Waals surface area contributed by atoms with Crippen molar-refractivity contribution >= 4 is 5.91 Å². The highest BCUT2D eigenvalue weighted by atomic mass is 16.5. The smallest absolute Gasteiger partial charge is 0.272 e. The van der Waals surface area contributed by atoms with E-state index in [4.69, 9.17) is 4.74 Å². The van der Waals surface area contributed by atoms with Crippen molar-refractivity contribution in [3.05, 3.63) is 40.1 Å². The highest BCUT2D eigenvalue weighted by Crippen LogP contribution is 2.37. The number of aromatic amines is 1. The molecule has 0 unspecified atom stereocenters. The molecule has 3 heterocycles. The van der Waals surface area contributed by atoms with Gasteiger partial charge in [0.2, 0.25) is 0 Å². The van der Waals surface area contributed by atoms with Crippen LogP contribution in [0, 0.1) is 0 Å². The Bertz CT molecular complexity index is 654. The van der Waals surface area contributed by atoms with Crippen LogP contribution in [0.3, 0.4) is 0 Å². The van der Waals surface area contributed by atoms with Gasteiger partial charge >= 0.3 is 0 Å². The summed E-state index contributed by atoms with van der Waals surface area (Å²) in [6.45, 7) is 1.68. The van der Waals surface area contributed by atoms with Gasteiger partial charge in [0.05, 0.1) is 19.7 Å². The average molecular weight is 273 g/mol. The molecule has 20 heavy (non-hydrogen) atoms. The van der Waals surface area contributed by atoms with Gasteiger partial charge in [-0.1, -0.05) is 12.2 Å². The van der Waals surface area contributed by atoms with E-state index in [9.17, 15) is 9.59 Å². The first kappa shape index (κ1) is 11.8. The van der Waals surface area contributed by atoms with Gasteiger partial charge in [-0.25, -0.2) is 4.98 Å². The lowest BCUT2D eigenvalue weighted by atomic mass is 9.94. The van der Waals surface area contributed by atoms with E-state index in [1.54, 1.807) is 4.90 Å². The minimum Gasteiger partial charge on any atom is -0.363 e. The Hall–Kier alpha value is -1.95. The molecule has 1 aliphatic carbocycles. The second-order valence-electron chi connectivity index (χ2n) is 5.73. The van der Waals surface area contributed by atoms with Crippen molar-refractivity contribution in [3.8, 4) is 0 Å². The topological polar surface area (TPSA) is 75.3 Å². The van der Waals surface area contributed by atoms with E-state index in [-0.39, 0.29) is 22.8 Å². The molecule has 1 aromatic heterocycles. The number of likely N-dealkylation sites (tertiary alicyclic amines) is 1. The number of aromatic nitrogens is 2. The number of carbonyl (C=O) groups is 1. The van der Waals surface area contributed by atoms with Crippen LogP contribution in [0.1, 0.15) is 35.1 Å². The molecule has 2 aliphatic heterocycles. The van der Waals surface area contributed by atoms with Gasteiger partial charge in [-0.2, -0.15) is 0 Å².